The molecule has 2 heterocycles. The van der Waals surface area contributed by atoms with E-state index < -0.39 is 0 Å². The second-order valence-electron chi connectivity index (χ2n) is 7.77. The summed E-state index contributed by atoms with van der Waals surface area (Å²) in [5.41, 5.74) is 2.52. The smallest absolute Gasteiger partial charge is 0.264 e. The zero-order valence-corrected chi connectivity index (χ0v) is 18.4. The number of fused-ring (bicyclic) bond motifs is 1. The van der Waals surface area contributed by atoms with E-state index in [9.17, 15) is 9.59 Å². The Morgan fingerprint density at radius 3 is 2.50 bits per heavy atom. The van der Waals surface area contributed by atoms with Crippen LogP contribution in [0.15, 0.2) is 96.2 Å². The summed E-state index contributed by atoms with van der Waals surface area (Å²) in [6, 6.07) is 24.2. The third-order valence-corrected chi connectivity index (χ3v) is 5.28. The zero-order chi connectivity index (χ0) is 23.5. The Balaban J connectivity index is 1.35. The van der Waals surface area contributed by atoms with Gasteiger partial charge in [-0.1, -0.05) is 48.0 Å². The fraction of sp³-hybridized carbons (Fsp3) is 0.0769. The number of anilines is 1. The maximum atomic E-state index is 13.0. The van der Waals surface area contributed by atoms with Crippen molar-refractivity contribution in [2.45, 2.75) is 13.5 Å². The highest BCUT2D eigenvalue weighted by Gasteiger charge is 2.14. The first kappa shape index (κ1) is 21.1. The molecule has 0 aliphatic heterocycles. The van der Waals surface area contributed by atoms with Crippen LogP contribution >= 0.6 is 0 Å². The Morgan fingerprint density at radius 2 is 1.71 bits per heavy atom. The average Bonchev–Trinajstić information content (AvgIpc) is 3.29. The summed E-state index contributed by atoms with van der Waals surface area (Å²) in [5, 5.41) is 7.46. The molecule has 0 radical (unpaired) electrons. The van der Waals surface area contributed by atoms with Crippen LogP contribution in [0.25, 0.3) is 16.7 Å². The topological polar surface area (TPSA) is 91.0 Å². The van der Waals surface area contributed by atoms with E-state index in [0.29, 0.717) is 28.2 Å². The molecule has 0 spiro atoms. The Hall–Kier alpha value is -4.72. The number of carbonyl (C=O) groups excluding carboxylic acids is 1. The predicted molar refractivity (Wildman–Crippen MR) is 129 cm³/mol. The molecule has 0 atom stereocenters. The predicted octanol–water partition coefficient (Wildman–Crippen LogP) is 4.32. The molecule has 1 N–H and O–H groups in total. The molecule has 5 rings (SSSR count). The van der Waals surface area contributed by atoms with Crippen molar-refractivity contribution in [2.75, 3.05) is 5.32 Å². The molecule has 0 bridgehead atoms. The number of ether oxygens (including phenoxy) is 1. The summed E-state index contributed by atoms with van der Waals surface area (Å²) >= 11 is 0. The number of hydrogen-bond donors (Lipinski definition) is 1. The largest absolute Gasteiger partial charge is 0.455 e. The van der Waals surface area contributed by atoms with Crippen LogP contribution in [0.4, 0.5) is 5.69 Å². The molecule has 5 aromatic rings. The van der Waals surface area contributed by atoms with Gasteiger partial charge in [-0.25, -0.2) is 9.67 Å². The van der Waals surface area contributed by atoms with Crippen molar-refractivity contribution >= 4 is 22.6 Å². The highest BCUT2D eigenvalue weighted by Crippen LogP contribution is 2.29. The van der Waals surface area contributed by atoms with Crippen LogP contribution in [0.2, 0.25) is 0 Å². The van der Waals surface area contributed by atoms with Gasteiger partial charge < -0.3 is 10.1 Å². The summed E-state index contributed by atoms with van der Waals surface area (Å²) in [6.07, 6.45) is 2.83. The fourth-order valence-corrected chi connectivity index (χ4v) is 3.56. The van der Waals surface area contributed by atoms with Gasteiger partial charge in [-0.3, -0.25) is 14.2 Å². The maximum Gasteiger partial charge on any atom is 0.264 e. The lowest BCUT2D eigenvalue weighted by Crippen LogP contribution is -2.28. The van der Waals surface area contributed by atoms with Crippen LogP contribution in [0.1, 0.15) is 5.56 Å². The van der Waals surface area contributed by atoms with Gasteiger partial charge in [0.15, 0.2) is 11.4 Å². The van der Waals surface area contributed by atoms with Gasteiger partial charge in [0.2, 0.25) is 5.91 Å². The second kappa shape index (κ2) is 9.03. The molecular formula is C26H21N5O3. The van der Waals surface area contributed by atoms with E-state index in [-0.39, 0.29) is 18.0 Å². The number of benzene rings is 3. The molecule has 0 saturated heterocycles. The lowest BCUT2D eigenvalue weighted by atomic mass is 10.2. The Morgan fingerprint density at radius 1 is 0.971 bits per heavy atom. The van der Waals surface area contributed by atoms with Crippen LogP contribution in [0.5, 0.6) is 11.5 Å². The molecule has 0 aliphatic carbocycles. The van der Waals surface area contributed by atoms with Gasteiger partial charge in [0.05, 0.1) is 17.6 Å². The highest BCUT2D eigenvalue weighted by atomic mass is 16.5. The van der Waals surface area contributed by atoms with Crippen LogP contribution in [0, 0.1) is 6.92 Å². The second-order valence-corrected chi connectivity index (χ2v) is 7.77. The first-order valence-corrected chi connectivity index (χ1v) is 10.7. The van der Waals surface area contributed by atoms with Crippen molar-refractivity contribution in [3.63, 3.8) is 0 Å². The average molecular weight is 451 g/mol. The van der Waals surface area contributed by atoms with Crippen molar-refractivity contribution < 1.29 is 9.53 Å². The van der Waals surface area contributed by atoms with Gasteiger partial charge in [0.1, 0.15) is 24.0 Å². The third-order valence-electron chi connectivity index (χ3n) is 5.28. The van der Waals surface area contributed by atoms with Gasteiger partial charge >= 0.3 is 0 Å². The Kier molecular flexibility index (Phi) is 5.61. The summed E-state index contributed by atoms with van der Waals surface area (Å²) < 4.78 is 8.79. The van der Waals surface area contributed by atoms with E-state index >= 15 is 0 Å². The van der Waals surface area contributed by atoms with Crippen molar-refractivity contribution in [2.24, 2.45) is 0 Å². The van der Waals surface area contributed by atoms with E-state index in [1.807, 2.05) is 67.6 Å². The minimum atomic E-state index is -0.376. The molecule has 34 heavy (non-hydrogen) atoms. The fourth-order valence-electron chi connectivity index (χ4n) is 3.56. The number of nitrogens with one attached hydrogen (secondary N) is 1. The van der Waals surface area contributed by atoms with Crippen molar-refractivity contribution in [1.29, 1.82) is 0 Å². The van der Waals surface area contributed by atoms with Crippen LogP contribution in [-0.2, 0) is 11.3 Å². The Bertz CT molecular complexity index is 1520. The molecule has 0 unspecified atom stereocenters. The first-order valence-electron chi connectivity index (χ1n) is 10.7. The zero-order valence-electron chi connectivity index (χ0n) is 18.4. The van der Waals surface area contributed by atoms with E-state index in [0.717, 1.165) is 11.3 Å². The maximum absolute atomic E-state index is 13.0. The van der Waals surface area contributed by atoms with Gasteiger partial charge in [0, 0.05) is 0 Å². The van der Waals surface area contributed by atoms with Crippen molar-refractivity contribution in [3.8, 4) is 17.2 Å². The minimum absolute atomic E-state index is 0.197. The molecule has 1 amide bonds. The van der Waals surface area contributed by atoms with Gasteiger partial charge in [-0.05, 0) is 43.3 Å². The standard InChI is InChI=1S/C26H21N5O3/c1-18-11-13-20(14-12-18)34-23-10-6-5-9-22(23)29-24(32)16-30-17-27-25-21(26(30)33)15-28-31(25)19-7-3-2-4-8-19/h2-15,17H,16H2,1H3,(H,29,32). The summed E-state index contributed by atoms with van der Waals surface area (Å²) in [6.45, 7) is 1.80. The molecule has 0 fully saturated rings. The number of hydrogen-bond acceptors (Lipinski definition) is 5. The van der Waals surface area contributed by atoms with E-state index in [4.69, 9.17) is 4.74 Å². The molecule has 0 aliphatic rings. The van der Waals surface area contributed by atoms with Crippen LogP contribution < -0.4 is 15.6 Å². The number of nitrogens with zero attached hydrogens (tertiary/aromatic N) is 4. The van der Waals surface area contributed by atoms with Crippen LogP contribution in [0.3, 0.4) is 0 Å². The normalized spacial score (nSPS) is 10.9. The molecule has 3 aromatic carbocycles. The van der Waals surface area contributed by atoms with Gasteiger partial charge in [-0.2, -0.15) is 5.10 Å². The van der Waals surface area contributed by atoms with E-state index in [1.165, 1.54) is 17.1 Å². The summed E-state index contributed by atoms with van der Waals surface area (Å²) in [7, 11) is 0. The van der Waals surface area contributed by atoms with Crippen molar-refractivity contribution in [1.82, 2.24) is 19.3 Å². The highest BCUT2D eigenvalue weighted by molar-refractivity contribution is 5.92. The lowest BCUT2D eigenvalue weighted by molar-refractivity contribution is -0.116. The molecule has 8 heteroatoms. The van der Waals surface area contributed by atoms with Crippen molar-refractivity contribution in [3.05, 3.63) is 107 Å². The molecule has 2 aromatic heterocycles. The number of rotatable bonds is 6. The van der Waals surface area contributed by atoms with Gasteiger partial charge in [0.25, 0.3) is 5.56 Å². The molecular weight excluding hydrogens is 430 g/mol. The number of amides is 1. The first-order chi connectivity index (χ1) is 16.6. The monoisotopic (exact) mass is 451 g/mol. The molecule has 8 nitrogen and oxygen atoms in total. The third kappa shape index (κ3) is 4.29. The summed E-state index contributed by atoms with van der Waals surface area (Å²) in [5.74, 6) is 0.789. The molecule has 0 saturated carbocycles. The number of para-hydroxylation sites is 3. The SMILES string of the molecule is Cc1ccc(Oc2ccccc2NC(=O)Cn2cnc3c(cnn3-c3ccccc3)c2=O)cc1. The number of aromatic nitrogens is 4. The van der Waals surface area contributed by atoms with Gasteiger partial charge in [-0.15, -0.1) is 0 Å². The minimum Gasteiger partial charge on any atom is -0.455 e. The molecule has 168 valence electrons. The quantitative estimate of drug-likeness (QED) is 0.415. The van der Waals surface area contributed by atoms with E-state index in [1.54, 1.807) is 22.9 Å². The summed E-state index contributed by atoms with van der Waals surface area (Å²) in [4.78, 5) is 30.1. The lowest BCUT2D eigenvalue weighted by Gasteiger charge is -2.13. The Labute approximate surface area is 195 Å². The van der Waals surface area contributed by atoms with E-state index in [2.05, 4.69) is 15.4 Å². The van der Waals surface area contributed by atoms with Crippen LogP contribution in [-0.4, -0.2) is 25.2 Å². The number of carbonyl (C=O) groups is 1. The number of aryl methyl sites for hydroxylation is 1.